The number of aryl methyl sites for hydroxylation is 1. The highest BCUT2D eigenvalue weighted by molar-refractivity contribution is 7.99. The highest BCUT2D eigenvalue weighted by Gasteiger charge is 2.23. The molecular formula is C20H25N3O4S. The number of carboxylic acid groups (broad SMARTS) is 1. The van der Waals surface area contributed by atoms with Crippen molar-refractivity contribution in [1.29, 1.82) is 0 Å². The van der Waals surface area contributed by atoms with Crippen molar-refractivity contribution >= 4 is 29.5 Å². The lowest BCUT2D eigenvalue weighted by molar-refractivity contribution is -0.137. The number of hydrogen-bond donors (Lipinski definition) is 2. The Morgan fingerprint density at radius 3 is 2.75 bits per heavy atom. The molecule has 1 heterocycles. The van der Waals surface area contributed by atoms with E-state index in [2.05, 4.69) is 15.3 Å². The summed E-state index contributed by atoms with van der Waals surface area (Å²) in [6, 6.07) is 6.77. The van der Waals surface area contributed by atoms with E-state index in [4.69, 9.17) is 4.74 Å². The molecule has 0 aliphatic heterocycles. The molecule has 8 heteroatoms. The topological polar surface area (TPSA) is 101 Å². The number of aromatic nitrogens is 2. The zero-order valence-electron chi connectivity index (χ0n) is 16.3. The number of benzene rings is 1. The molecule has 0 bridgehead atoms. The zero-order valence-corrected chi connectivity index (χ0v) is 17.1. The fraction of sp³-hybridized carbons (Fsp3) is 0.400. The number of thioether (sulfide) groups is 1. The number of aliphatic carboxylic acids is 1. The molecule has 1 aromatic heterocycles. The molecule has 0 spiro atoms. The molecule has 28 heavy (non-hydrogen) atoms. The Bertz CT molecular complexity index is 829. The molecule has 2 aromatic rings. The van der Waals surface area contributed by atoms with Crippen LogP contribution in [0.3, 0.4) is 0 Å². The van der Waals surface area contributed by atoms with Crippen LogP contribution in [0.1, 0.15) is 36.2 Å². The number of anilines is 1. The average Bonchev–Trinajstić information content (AvgIpc) is 2.67. The van der Waals surface area contributed by atoms with Gasteiger partial charge in [0.1, 0.15) is 17.4 Å². The minimum atomic E-state index is -0.998. The van der Waals surface area contributed by atoms with Crippen LogP contribution in [0.25, 0.3) is 11.4 Å². The minimum absolute atomic E-state index is 0.118. The molecule has 0 radical (unpaired) electrons. The van der Waals surface area contributed by atoms with Crippen molar-refractivity contribution < 1.29 is 19.4 Å². The fourth-order valence-electron chi connectivity index (χ4n) is 2.54. The molecule has 0 aliphatic carbocycles. The molecule has 0 fully saturated rings. The summed E-state index contributed by atoms with van der Waals surface area (Å²) < 4.78 is 5.06. The smallest absolute Gasteiger partial charge is 0.343 e. The van der Waals surface area contributed by atoms with Crippen LogP contribution in [0.4, 0.5) is 5.82 Å². The van der Waals surface area contributed by atoms with Crippen LogP contribution >= 0.6 is 11.8 Å². The average molecular weight is 404 g/mol. The van der Waals surface area contributed by atoms with Crippen LogP contribution in [0.5, 0.6) is 0 Å². The Kier molecular flexibility index (Phi) is 8.25. The van der Waals surface area contributed by atoms with Gasteiger partial charge in [0, 0.05) is 11.8 Å². The normalized spacial score (nSPS) is 11.7. The van der Waals surface area contributed by atoms with E-state index in [-0.39, 0.29) is 18.0 Å². The molecular weight excluding hydrogens is 378 g/mol. The van der Waals surface area contributed by atoms with Gasteiger partial charge in [-0.25, -0.2) is 19.6 Å². The second-order valence-corrected chi connectivity index (χ2v) is 7.46. The second-order valence-electron chi connectivity index (χ2n) is 6.07. The molecule has 1 atom stereocenters. The number of nitrogens with zero attached hydrogens (tertiary/aromatic N) is 2. The van der Waals surface area contributed by atoms with E-state index in [0.29, 0.717) is 18.0 Å². The van der Waals surface area contributed by atoms with Crippen LogP contribution in [0.15, 0.2) is 30.5 Å². The Morgan fingerprint density at radius 2 is 2.11 bits per heavy atom. The number of carboxylic acids is 1. The van der Waals surface area contributed by atoms with Gasteiger partial charge in [-0.3, -0.25) is 0 Å². The van der Waals surface area contributed by atoms with Gasteiger partial charge in [0.05, 0.1) is 6.61 Å². The van der Waals surface area contributed by atoms with Crippen molar-refractivity contribution in [2.24, 2.45) is 0 Å². The van der Waals surface area contributed by atoms with E-state index in [0.717, 1.165) is 16.9 Å². The molecule has 2 rings (SSSR count). The van der Waals surface area contributed by atoms with Crippen molar-refractivity contribution in [3.05, 3.63) is 41.6 Å². The first kappa shape index (κ1) is 21.7. The molecule has 2 N–H and O–H groups in total. The number of carbonyl (C=O) groups excluding carboxylic acids is 1. The van der Waals surface area contributed by atoms with Gasteiger partial charge in [0.2, 0.25) is 0 Å². The van der Waals surface area contributed by atoms with Gasteiger partial charge >= 0.3 is 11.9 Å². The van der Waals surface area contributed by atoms with Crippen molar-refractivity contribution in [2.45, 2.75) is 33.2 Å². The monoisotopic (exact) mass is 403 g/mol. The molecule has 0 aliphatic rings. The molecule has 7 nitrogen and oxygen atoms in total. The van der Waals surface area contributed by atoms with Crippen LogP contribution in [0.2, 0.25) is 0 Å². The number of rotatable bonds is 10. The lowest BCUT2D eigenvalue weighted by atomic mass is 10.1. The first-order valence-corrected chi connectivity index (χ1v) is 10.3. The van der Waals surface area contributed by atoms with E-state index in [9.17, 15) is 14.7 Å². The minimum Gasteiger partial charge on any atom is -0.480 e. The van der Waals surface area contributed by atoms with Crippen molar-refractivity contribution in [2.75, 3.05) is 23.4 Å². The number of carbonyl (C=O) groups is 2. The Morgan fingerprint density at radius 1 is 1.32 bits per heavy atom. The third kappa shape index (κ3) is 5.95. The third-order valence-electron chi connectivity index (χ3n) is 3.92. The van der Waals surface area contributed by atoms with Gasteiger partial charge in [0.15, 0.2) is 5.82 Å². The van der Waals surface area contributed by atoms with Gasteiger partial charge in [0.25, 0.3) is 0 Å². The van der Waals surface area contributed by atoms with Gasteiger partial charge in [-0.15, -0.1) is 0 Å². The SMILES string of the molecule is CCOC(=O)c1cnc(-c2cccc(C)c2)nc1NC(CCSCC)C(=O)O. The Balaban J connectivity index is 2.39. The summed E-state index contributed by atoms with van der Waals surface area (Å²) in [5, 5.41) is 12.5. The maximum Gasteiger partial charge on any atom is 0.343 e. The maximum atomic E-state index is 12.3. The second kappa shape index (κ2) is 10.7. The molecule has 0 amide bonds. The standard InChI is InChI=1S/C20H25N3O4S/c1-4-27-20(26)15-12-21-17(14-8-6-7-13(3)11-14)23-18(15)22-16(19(24)25)9-10-28-5-2/h6-8,11-12,16H,4-5,9-10H2,1-3H3,(H,24,25)(H,21,22,23). The first-order chi connectivity index (χ1) is 13.5. The summed E-state index contributed by atoms with van der Waals surface area (Å²) in [4.78, 5) is 32.7. The van der Waals surface area contributed by atoms with Crippen LogP contribution in [0, 0.1) is 6.92 Å². The third-order valence-corrected chi connectivity index (χ3v) is 4.86. The predicted octanol–water partition coefficient (Wildman–Crippen LogP) is 3.64. The van der Waals surface area contributed by atoms with Gasteiger partial charge in [-0.1, -0.05) is 30.7 Å². The van der Waals surface area contributed by atoms with Crippen LogP contribution < -0.4 is 5.32 Å². The zero-order chi connectivity index (χ0) is 20.5. The first-order valence-electron chi connectivity index (χ1n) is 9.14. The largest absolute Gasteiger partial charge is 0.480 e. The van der Waals surface area contributed by atoms with E-state index in [1.807, 2.05) is 38.1 Å². The number of ether oxygens (including phenoxy) is 1. The number of nitrogens with one attached hydrogen (secondary N) is 1. The summed E-state index contributed by atoms with van der Waals surface area (Å²) >= 11 is 1.66. The lowest BCUT2D eigenvalue weighted by Gasteiger charge is -2.17. The van der Waals surface area contributed by atoms with Crippen molar-refractivity contribution in [3.8, 4) is 11.4 Å². The van der Waals surface area contributed by atoms with Crippen molar-refractivity contribution in [3.63, 3.8) is 0 Å². The van der Waals surface area contributed by atoms with Gasteiger partial charge in [-0.05, 0) is 37.8 Å². The van der Waals surface area contributed by atoms with E-state index in [1.165, 1.54) is 6.20 Å². The molecule has 0 saturated carbocycles. The van der Waals surface area contributed by atoms with E-state index < -0.39 is 18.0 Å². The molecule has 1 unspecified atom stereocenters. The molecule has 150 valence electrons. The van der Waals surface area contributed by atoms with E-state index in [1.54, 1.807) is 18.7 Å². The Hall–Kier alpha value is -2.61. The summed E-state index contributed by atoms with van der Waals surface area (Å²) in [5.74, 6) is 0.580. The van der Waals surface area contributed by atoms with E-state index >= 15 is 0 Å². The summed E-state index contributed by atoms with van der Waals surface area (Å²) in [7, 11) is 0. The molecule has 0 saturated heterocycles. The van der Waals surface area contributed by atoms with Gasteiger partial charge in [-0.2, -0.15) is 11.8 Å². The lowest BCUT2D eigenvalue weighted by Crippen LogP contribution is -2.31. The maximum absolute atomic E-state index is 12.3. The number of hydrogen-bond acceptors (Lipinski definition) is 7. The predicted molar refractivity (Wildman–Crippen MR) is 111 cm³/mol. The quantitative estimate of drug-likeness (QED) is 0.458. The van der Waals surface area contributed by atoms with Crippen LogP contribution in [-0.4, -0.2) is 51.2 Å². The summed E-state index contributed by atoms with van der Waals surface area (Å²) in [6.07, 6.45) is 1.78. The van der Waals surface area contributed by atoms with Crippen molar-refractivity contribution in [1.82, 2.24) is 9.97 Å². The summed E-state index contributed by atoms with van der Waals surface area (Å²) in [6.45, 7) is 5.88. The molecule has 1 aromatic carbocycles. The Labute approximate surface area is 168 Å². The number of esters is 1. The highest BCUT2D eigenvalue weighted by atomic mass is 32.2. The summed E-state index contributed by atoms with van der Waals surface area (Å²) in [5.41, 5.74) is 1.95. The fourth-order valence-corrected chi connectivity index (χ4v) is 3.23. The van der Waals surface area contributed by atoms with Crippen LogP contribution in [-0.2, 0) is 9.53 Å². The van der Waals surface area contributed by atoms with Gasteiger partial charge < -0.3 is 15.2 Å². The highest BCUT2D eigenvalue weighted by Crippen LogP contribution is 2.22.